The normalized spacial score (nSPS) is 11.5. The molecular formula is C21H41NO2. The summed E-state index contributed by atoms with van der Waals surface area (Å²) >= 11 is 0. The van der Waals surface area contributed by atoms with Gasteiger partial charge in [0.15, 0.2) is 0 Å². The van der Waals surface area contributed by atoms with Gasteiger partial charge in [0.2, 0.25) is 5.91 Å². The molecule has 3 heteroatoms. The molecule has 3 nitrogen and oxygen atoms in total. The van der Waals surface area contributed by atoms with Crippen molar-refractivity contribution in [3.8, 4) is 0 Å². The molecule has 0 N–H and O–H groups in total. The first kappa shape index (κ1) is 23.1. The van der Waals surface area contributed by atoms with Crippen LogP contribution < -0.4 is 0 Å². The topological polar surface area (TPSA) is 37.4 Å². The molecule has 0 heterocycles. The van der Waals surface area contributed by atoms with Crippen LogP contribution in [0.25, 0.3) is 0 Å². The van der Waals surface area contributed by atoms with Crippen molar-refractivity contribution in [2.45, 2.75) is 104 Å². The van der Waals surface area contributed by atoms with E-state index in [9.17, 15) is 9.59 Å². The molecule has 0 aromatic carbocycles. The molecule has 0 bridgehead atoms. The maximum Gasteiger partial charge on any atom is 0.222 e. The predicted octanol–water partition coefficient (Wildman–Crippen LogP) is 5.76. The van der Waals surface area contributed by atoms with Gasteiger partial charge in [-0.1, -0.05) is 84.5 Å². The summed E-state index contributed by atoms with van der Waals surface area (Å²) in [7, 11) is 3.66. The lowest BCUT2D eigenvalue weighted by atomic mass is 9.88. The molecule has 0 aliphatic carbocycles. The van der Waals surface area contributed by atoms with Gasteiger partial charge in [0.05, 0.1) is 0 Å². The summed E-state index contributed by atoms with van der Waals surface area (Å²) in [4.78, 5) is 23.9. The average molecular weight is 340 g/mol. The Balaban J connectivity index is 3.18. The fraction of sp³-hybridized carbons (Fsp3) is 0.905. The lowest BCUT2D eigenvalue weighted by molar-refractivity contribution is -0.128. The van der Waals surface area contributed by atoms with Crippen LogP contribution in [0.3, 0.4) is 0 Å². The average Bonchev–Trinajstić information content (AvgIpc) is 2.54. The van der Waals surface area contributed by atoms with Crippen LogP contribution in [0.1, 0.15) is 104 Å². The Morgan fingerprint density at radius 2 is 1.12 bits per heavy atom. The second kappa shape index (κ2) is 14.5. The van der Waals surface area contributed by atoms with Crippen LogP contribution in [0.2, 0.25) is 0 Å². The van der Waals surface area contributed by atoms with Gasteiger partial charge in [0, 0.05) is 25.9 Å². The molecule has 0 saturated heterocycles. The first-order chi connectivity index (χ1) is 11.4. The highest BCUT2D eigenvalue weighted by atomic mass is 16.2. The number of unbranched alkanes of at least 4 members (excludes halogenated alkanes) is 11. The highest BCUT2D eigenvalue weighted by Crippen LogP contribution is 2.21. The Morgan fingerprint density at radius 1 is 0.750 bits per heavy atom. The van der Waals surface area contributed by atoms with Crippen LogP contribution in [0.15, 0.2) is 0 Å². The zero-order valence-electron chi connectivity index (χ0n) is 16.7. The zero-order valence-corrected chi connectivity index (χ0v) is 16.7. The Bertz CT molecular complexity index is 324. The SMILES string of the molecule is CN(C)C(=O)CCCCCCCCCCCCCCC(C)(C)C=O. The van der Waals surface area contributed by atoms with Crippen molar-refractivity contribution >= 4 is 12.2 Å². The number of nitrogens with zero attached hydrogens (tertiary/aromatic N) is 1. The number of hydrogen-bond acceptors (Lipinski definition) is 2. The number of carbonyl (C=O) groups excluding carboxylic acids is 2. The summed E-state index contributed by atoms with van der Waals surface area (Å²) in [5.41, 5.74) is -0.125. The summed E-state index contributed by atoms with van der Waals surface area (Å²) in [6, 6.07) is 0. The monoisotopic (exact) mass is 339 g/mol. The minimum absolute atomic E-state index is 0.125. The van der Waals surface area contributed by atoms with E-state index in [-0.39, 0.29) is 11.3 Å². The lowest BCUT2D eigenvalue weighted by Crippen LogP contribution is -2.20. The molecule has 0 aromatic rings. The van der Waals surface area contributed by atoms with Gasteiger partial charge in [0.1, 0.15) is 6.29 Å². The minimum Gasteiger partial charge on any atom is -0.349 e. The van der Waals surface area contributed by atoms with Crippen molar-refractivity contribution in [1.82, 2.24) is 4.90 Å². The van der Waals surface area contributed by atoms with Gasteiger partial charge in [0.25, 0.3) is 0 Å². The maximum absolute atomic E-state index is 11.4. The Labute approximate surface area is 150 Å². The van der Waals surface area contributed by atoms with E-state index in [0.29, 0.717) is 6.42 Å². The molecule has 0 unspecified atom stereocenters. The number of carbonyl (C=O) groups is 2. The van der Waals surface area contributed by atoms with Crippen molar-refractivity contribution < 1.29 is 9.59 Å². The number of amides is 1. The van der Waals surface area contributed by atoms with E-state index in [1.807, 2.05) is 27.9 Å². The van der Waals surface area contributed by atoms with Gasteiger partial charge in [-0.15, -0.1) is 0 Å². The van der Waals surface area contributed by atoms with Crippen LogP contribution in [0, 0.1) is 5.41 Å². The molecule has 1 amide bonds. The highest BCUT2D eigenvalue weighted by Gasteiger charge is 2.14. The molecule has 0 aliphatic rings. The summed E-state index contributed by atoms with van der Waals surface area (Å²) in [6.45, 7) is 4.06. The molecule has 0 saturated carbocycles. The first-order valence-corrected chi connectivity index (χ1v) is 10.1. The fourth-order valence-corrected chi connectivity index (χ4v) is 2.91. The van der Waals surface area contributed by atoms with Crippen LogP contribution in [-0.4, -0.2) is 31.2 Å². The lowest BCUT2D eigenvalue weighted by Gasteiger charge is -2.15. The third-order valence-corrected chi connectivity index (χ3v) is 4.78. The molecule has 0 rings (SSSR count). The third kappa shape index (κ3) is 14.7. The first-order valence-electron chi connectivity index (χ1n) is 10.1. The summed E-state index contributed by atoms with van der Waals surface area (Å²) in [6.07, 6.45) is 18.2. The largest absolute Gasteiger partial charge is 0.349 e. The molecule has 0 aliphatic heterocycles. The van der Waals surface area contributed by atoms with Gasteiger partial charge < -0.3 is 9.69 Å². The number of aldehydes is 1. The van der Waals surface area contributed by atoms with Gasteiger partial charge in [-0.25, -0.2) is 0 Å². The predicted molar refractivity (Wildman–Crippen MR) is 103 cm³/mol. The van der Waals surface area contributed by atoms with Gasteiger partial charge >= 0.3 is 0 Å². The summed E-state index contributed by atoms with van der Waals surface area (Å²) in [5.74, 6) is 0.254. The van der Waals surface area contributed by atoms with Crippen molar-refractivity contribution in [3.05, 3.63) is 0 Å². The Hall–Kier alpha value is -0.860. The van der Waals surface area contributed by atoms with Gasteiger partial charge in [-0.2, -0.15) is 0 Å². The highest BCUT2D eigenvalue weighted by molar-refractivity contribution is 5.75. The Morgan fingerprint density at radius 3 is 1.50 bits per heavy atom. The quantitative estimate of drug-likeness (QED) is 0.265. The third-order valence-electron chi connectivity index (χ3n) is 4.78. The molecule has 24 heavy (non-hydrogen) atoms. The number of rotatable bonds is 16. The van der Waals surface area contributed by atoms with Crippen LogP contribution in [0.4, 0.5) is 0 Å². The van der Waals surface area contributed by atoms with Crippen molar-refractivity contribution in [2.75, 3.05) is 14.1 Å². The molecular weight excluding hydrogens is 298 g/mol. The summed E-state index contributed by atoms with van der Waals surface area (Å²) < 4.78 is 0. The fourth-order valence-electron chi connectivity index (χ4n) is 2.91. The standard InChI is InChI=1S/C21H41NO2/c1-21(2,19-23)18-16-14-12-10-8-6-5-7-9-11-13-15-17-20(24)22(3)4/h19H,5-18H2,1-4H3. The molecule has 0 spiro atoms. The number of hydrogen-bond donors (Lipinski definition) is 0. The second-order valence-electron chi connectivity index (χ2n) is 8.14. The van der Waals surface area contributed by atoms with E-state index in [2.05, 4.69) is 0 Å². The molecule has 0 fully saturated rings. The van der Waals surface area contributed by atoms with E-state index in [1.165, 1.54) is 70.6 Å². The molecule has 0 atom stereocenters. The van der Waals surface area contributed by atoms with Crippen molar-refractivity contribution in [1.29, 1.82) is 0 Å². The van der Waals surface area contributed by atoms with E-state index < -0.39 is 0 Å². The van der Waals surface area contributed by atoms with Gasteiger partial charge in [-0.05, 0) is 12.8 Å². The van der Waals surface area contributed by atoms with Crippen LogP contribution in [0.5, 0.6) is 0 Å². The van der Waals surface area contributed by atoms with E-state index >= 15 is 0 Å². The van der Waals surface area contributed by atoms with Crippen LogP contribution in [-0.2, 0) is 9.59 Å². The molecule has 0 radical (unpaired) electrons. The van der Waals surface area contributed by atoms with Crippen molar-refractivity contribution in [2.24, 2.45) is 5.41 Å². The van der Waals surface area contributed by atoms with E-state index in [4.69, 9.17) is 0 Å². The van der Waals surface area contributed by atoms with Gasteiger partial charge in [-0.3, -0.25) is 4.79 Å². The Kier molecular flexibility index (Phi) is 14.0. The van der Waals surface area contributed by atoms with E-state index in [0.717, 1.165) is 19.1 Å². The molecule has 0 aromatic heterocycles. The van der Waals surface area contributed by atoms with Crippen LogP contribution >= 0.6 is 0 Å². The van der Waals surface area contributed by atoms with E-state index in [1.54, 1.807) is 4.90 Å². The molecule has 142 valence electrons. The second-order valence-corrected chi connectivity index (χ2v) is 8.14. The minimum atomic E-state index is -0.125. The smallest absolute Gasteiger partial charge is 0.222 e. The zero-order chi connectivity index (χ0) is 18.3. The summed E-state index contributed by atoms with van der Waals surface area (Å²) in [5, 5.41) is 0. The van der Waals surface area contributed by atoms with Crippen molar-refractivity contribution in [3.63, 3.8) is 0 Å². The maximum atomic E-state index is 11.4.